The molecule has 1 N–H and O–H groups in total. The Balaban J connectivity index is 1.68. The summed E-state index contributed by atoms with van der Waals surface area (Å²) >= 11 is 1.40. The van der Waals surface area contributed by atoms with Crippen LogP contribution in [-0.2, 0) is 11.2 Å². The molecule has 0 fully saturated rings. The van der Waals surface area contributed by atoms with Crippen LogP contribution in [0.25, 0.3) is 10.6 Å². The van der Waals surface area contributed by atoms with Crippen LogP contribution in [0.1, 0.15) is 24.2 Å². The van der Waals surface area contributed by atoms with Crippen LogP contribution >= 0.6 is 11.3 Å². The maximum absolute atomic E-state index is 13.9. The van der Waals surface area contributed by atoms with Crippen LogP contribution in [0.5, 0.6) is 11.5 Å². The highest BCUT2D eigenvalue weighted by Gasteiger charge is 2.16. The third-order valence-corrected chi connectivity index (χ3v) is 5.27. The number of amides is 1. The van der Waals surface area contributed by atoms with Crippen molar-refractivity contribution in [1.29, 1.82) is 0 Å². The summed E-state index contributed by atoms with van der Waals surface area (Å²) < 4.78 is 37.7. The number of methoxy groups -OCH3 is 2. The van der Waals surface area contributed by atoms with E-state index >= 15 is 0 Å². The molecule has 0 bridgehead atoms. The van der Waals surface area contributed by atoms with E-state index in [1.165, 1.54) is 11.3 Å². The number of hydrogen-bond donors (Lipinski definition) is 1. The number of carbonyl (C=O) groups is 1. The Labute approximate surface area is 171 Å². The Morgan fingerprint density at radius 2 is 1.90 bits per heavy atom. The lowest BCUT2D eigenvalue weighted by Gasteiger charge is -2.14. The maximum atomic E-state index is 13.9. The zero-order chi connectivity index (χ0) is 21.0. The average molecular weight is 418 g/mol. The van der Waals surface area contributed by atoms with Crippen molar-refractivity contribution in [1.82, 2.24) is 10.3 Å². The lowest BCUT2D eigenvalue weighted by molar-refractivity contribution is -0.121. The van der Waals surface area contributed by atoms with Crippen molar-refractivity contribution < 1.29 is 23.0 Å². The van der Waals surface area contributed by atoms with Gasteiger partial charge in [-0.25, -0.2) is 13.8 Å². The molecular formula is C21H20F2N2O3S. The fourth-order valence-corrected chi connectivity index (χ4v) is 3.69. The van der Waals surface area contributed by atoms with Crippen LogP contribution in [0.2, 0.25) is 0 Å². The highest BCUT2D eigenvalue weighted by atomic mass is 32.1. The molecule has 1 unspecified atom stereocenters. The molecule has 1 aromatic heterocycles. The Hall–Kier alpha value is -3.00. The summed E-state index contributed by atoms with van der Waals surface area (Å²) in [5, 5.41) is 5.20. The van der Waals surface area contributed by atoms with Crippen LogP contribution in [0, 0.1) is 11.6 Å². The first kappa shape index (κ1) is 20.7. The number of aromatic nitrogens is 1. The normalized spacial score (nSPS) is 11.8. The number of benzene rings is 2. The van der Waals surface area contributed by atoms with Gasteiger partial charge in [0.05, 0.1) is 32.4 Å². The van der Waals surface area contributed by atoms with Gasteiger partial charge < -0.3 is 14.8 Å². The summed E-state index contributed by atoms with van der Waals surface area (Å²) in [5.41, 5.74) is 1.53. The first-order chi connectivity index (χ1) is 13.9. The van der Waals surface area contributed by atoms with E-state index in [0.717, 1.165) is 28.8 Å². The SMILES string of the molecule is COc1ccc(-c2nc(CC(=O)NC(C)c3cc(F)ccc3F)cs2)cc1OC. The van der Waals surface area contributed by atoms with Crippen molar-refractivity contribution in [2.45, 2.75) is 19.4 Å². The minimum atomic E-state index is -0.665. The van der Waals surface area contributed by atoms with Gasteiger partial charge in [-0.05, 0) is 43.3 Å². The minimum absolute atomic E-state index is 0.0328. The van der Waals surface area contributed by atoms with Crippen LogP contribution in [0.3, 0.4) is 0 Å². The summed E-state index contributed by atoms with van der Waals surface area (Å²) in [6.07, 6.45) is 0.0328. The predicted molar refractivity (Wildman–Crippen MR) is 107 cm³/mol. The molecule has 0 saturated carbocycles. The average Bonchev–Trinajstić information content (AvgIpc) is 3.17. The molecule has 29 heavy (non-hydrogen) atoms. The van der Waals surface area contributed by atoms with E-state index < -0.39 is 17.7 Å². The van der Waals surface area contributed by atoms with Crippen LogP contribution in [-0.4, -0.2) is 25.1 Å². The van der Waals surface area contributed by atoms with Crippen molar-refractivity contribution in [3.05, 3.63) is 64.7 Å². The number of hydrogen-bond acceptors (Lipinski definition) is 5. The Morgan fingerprint density at radius 1 is 1.14 bits per heavy atom. The van der Waals surface area contributed by atoms with Gasteiger partial charge in [-0.15, -0.1) is 11.3 Å². The van der Waals surface area contributed by atoms with E-state index in [0.29, 0.717) is 17.2 Å². The maximum Gasteiger partial charge on any atom is 0.226 e. The third-order valence-electron chi connectivity index (χ3n) is 4.33. The molecule has 1 heterocycles. The van der Waals surface area contributed by atoms with E-state index in [-0.39, 0.29) is 17.9 Å². The van der Waals surface area contributed by atoms with E-state index in [2.05, 4.69) is 10.3 Å². The quantitative estimate of drug-likeness (QED) is 0.613. The monoisotopic (exact) mass is 418 g/mol. The molecule has 8 heteroatoms. The molecule has 1 amide bonds. The van der Waals surface area contributed by atoms with Gasteiger partial charge in [0, 0.05) is 16.5 Å². The molecule has 3 aromatic rings. The standard InChI is InChI=1S/C21H20F2N2O3S/c1-12(16-9-14(22)5-6-17(16)23)24-20(26)10-15-11-29-21(25-15)13-4-7-18(27-2)19(8-13)28-3/h4-9,11-12H,10H2,1-3H3,(H,24,26). The van der Waals surface area contributed by atoms with Gasteiger partial charge in [-0.2, -0.15) is 0 Å². The largest absolute Gasteiger partial charge is 0.493 e. The fraction of sp³-hybridized carbons (Fsp3) is 0.238. The Bertz CT molecular complexity index is 1020. The van der Waals surface area contributed by atoms with E-state index in [9.17, 15) is 13.6 Å². The van der Waals surface area contributed by atoms with Crippen molar-refractivity contribution in [3.8, 4) is 22.1 Å². The molecule has 0 radical (unpaired) electrons. The summed E-state index contributed by atoms with van der Waals surface area (Å²) in [5.74, 6) is -0.244. The summed E-state index contributed by atoms with van der Waals surface area (Å²) in [6, 6.07) is 7.97. The first-order valence-electron chi connectivity index (χ1n) is 8.82. The topological polar surface area (TPSA) is 60.5 Å². The van der Waals surface area contributed by atoms with Crippen molar-refractivity contribution in [3.63, 3.8) is 0 Å². The molecule has 5 nitrogen and oxygen atoms in total. The molecule has 0 aliphatic rings. The molecular weight excluding hydrogens is 398 g/mol. The summed E-state index contributed by atoms with van der Waals surface area (Å²) in [4.78, 5) is 16.8. The minimum Gasteiger partial charge on any atom is -0.493 e. The number of rotatable bonds is 7. The number of carbonyl (C=O) groups excluding carboxylic acids is 1. The van der Waals surface area contributed by atoms with Crippen LogP contribution in [0.15, 0.2) is 41.8 Å². The summed E-state index contributed by atoms with van der Waals surface area (Å²) in [7, 11) is 3.12. The number of nitrogens with zero attached hydrogens (tertiary/aromatic N) is 1. The lowest BCUT2D eigenvalue weighted by Crippen LogP contribution is -2.28. The molecule has 152 valence electrons. The Kier molecular flexibility index (Phi) is 6.43. The number of ether oxygens (including phenoxy) is 2. The second-order valence-electron chi connectivity index (χ2n) is 6.35. The molecule has 0 aliphatic heterocycles. The molecule has 3 rings (SSSR count). The second-order valence-corrected chi connectivity index (χ2v) is 7.20. The zero-order valence-electron chi connectivity index (χ0n) is 16.2. The number of thiazole rings is 1. The van der Waals surface area contributed by atoms with Gasteiger partial charge in [0.1, 0.15) is 16.6 Å². The first-order valence-corrected chi connectivity index (χ1v) is 9.70. The fourth-order valence-electron chi connectivity index (χ4n) is 2.87. The van der Waals surface area contributed by atoms with Crippen molar-refractivity contribution >= 4 is 17.2 Å². The molecule has 2 aromatic carbocycles. The molecule has 0 saturated heterocycles. The van der Waals surface area contributed by atoms with Crippen molar-refractivity contribution in [2.75, 3.05) is 14.2 Å². The lowest BCUT2D eigenvalue weighted by atomic mass is 10.1. The molecule has 1 atom stereocenters. The van der Waals surface area contributed by atoms with Gasteiger partial charge in [-0.1, -0.05) is 0 Å². The van der Waals surface area contributed by atoms with E-state index in [4.69, 9.17) is 9.47 Å². The Morgan fingerprint density at radius 3 is 2.62 bits per heavy atom. The predicted octanol–water partition coefficient (Wildman–Crippen LogP) is 4.53. The van der Waals surface area contributed by atoms with Gasteiger partial charge in [0.2, 0.25) is 5.91 Å². The van der Waals surface area contributed by atoms with E-state index in [1.54, 1.807) is 32.6 Å². The number of halogens is 2. The smallest absolute Gasteiger partial charge is 0.226 e. The highest BCUT2D eigenvalue weighted by molar-refractivity contribution is 7.13. The molecule has 0 spiro atoms. The highest BCUT2D eigenvalue weighted by Crippen LogP contribution is 2.33. The molecule has 0 aliphatic carbocycles. The van der Waals surface area contributed by atoms with Gasteiger partial charge in [0.15, 0.2) is 11.5 Å². The van der Waals surface area contributed by atoms with Gasteiger partial charge >= 0.3 is 0 Å². The van der Waals surface area contributed by atoms with Gasteiger partial charge in [0.25, 0.3) is 0 Å². The van der Waals surface area contributed by atoms with Crippen molar-refractivity contribution in [2.24, 2.45) is 0 Å². The number of nitrogens with one attached hydrogen (secondary N) is 1. The zero-order valence-corrected chi connectivity index (χ0v) is 17.0. The second kappa shape index (κ2) is 9.00. The van der Waals surface area contributed by atoms with Gasteiger partial charge in [-0.3, -0.25) is 4.79 Å². The van der Waals surface area contributed by atoms with E-state index in [1.807, 2.05) is 12.1 Å². The van der Waals surface area contributed by atoms with Crippen LogP contribution in [0.4, 0.5) is 8.78 Å². The van der Waals surface area contributed by atoms with Crippen LogP contribution < -0.4 is 14.8 Å². The summed E-state index contributed by atoms with van der Waals surface area (Å²) in [6.45, 7) is 1.60. The third kappa shape index (κ3) is 4.89.